The van der Waals surface area contributed by atoms with Crippen LogP contribution in [0.25, 0.3) is 0 Å². The van der Waals surface area contributed by atoms with E-state index in [4.69, 9.17) is 5.73 Å². The maximum absolute atomic E-state index is 6.13. The molecule has 1 unspecified atom stereocenters. The second-order valence-electron chi connectivity index (χ2n) is 4.43. The summed E-state index contributed by atoms with van der Waals surface area (Å²) in [7, 11) is 1.92. The SMILES string of the molecule is Cc1ccnc(C(N)CCc2cnn(C)c2)c1. The molecule has 2 aromatic rings. The number of nitrogens with two attached hydrogens (primary N) is 1. The fourth-order valence-corrected chi connectivity index (χ4v) is 1.83. The van der Waals surface area contributed by atoms with Gasteiger partial charge in [0.05, 0.1) is 11.9 Å². The van der Waals surface area contributed by atoms with Crippen molar-refractivity contribution < 1.29 is 0 Å². The van der Waals surface area contributed by atoms with E-state index in [1.807, 2.05) is 42.5 Å². The third-order valence-electron chi connectivity index (χ3n) is 2.82. The van der Waals surface area contributed by atoms with E-state index in [9.17, 15) is 0 Å². The van der Waals surface area contributed by atoms with Crippen LogP contribution in [0.2, 0.25) is 0 Å². The molecule has 2 N–H and O–H groups in total. The quantitative estimate of drug-likeness (QED) is 0.870. The van der Waals surface area contributed by atoms with Crippen LogP contribution in [0.5, 0.6) is 0 Å². The van der Waals surface area contributed by atoms with Gasteiger partial charge in [-0.1, -0.05) is 0 Å². The van der Waals surface area contributed by atoms with Crippen molar-refractivity contribution >= 4 is 0 Å². The highest BCUT2D eigenvalue weighted by atomic mass is 15.2. The smallest absolute Gasteiger partial charge is 0.0573 e. The van der Waals surface area contributed by atoms with Gasteiger partial charge in [-0.2, -0.15) is 5.10 Å². The first-order chi connectivity index (χ1) is 8.15. The first-order valence-electron chi connectivity index (χ1n) is 5.81. The average molecular weight is 230 g/mol. The van der Waals surface area contributed by atoms with Crippen LogP contribution in [0, 0.1) is 6.92 Å². The summed E-state index contributed by atoms with van der Waals surface area (Å²) in [4.78, 5) is 4.31. The van der Waals surface area contributed by atoms with Crippen LogP contribution in [0.1, 0.15) is 29.3 Å². The molecule has 0 spiro atoms. The zero-order valence-electron chi connectivity index (χ0n) is 10.3. The predicted molar refractivity (Wildman–Crippen MR) is 67.4 cm³/mol. The Kier molecular flexibility index (Phi) is 3.54. The largest absolute Gasteiger partial charge is 0.323 e. The Bertz CT molecular complexity index is 490. The number of hydrogen-bond acceptors (Lipinski definition) is 3. The Morgan fingerprint density at radius 1 is 1.47 bits per heavy atom. The maximum Gasteiger partial charge on any atom is 0.0573 e. The minimum Gasteiger partial charge on any atom is -0.323 e. The van der Waals surface area contributed by atoms with Gasteiger partial charge >= 0.3 is 0 Å². The van der Waals surface area contributed by atoms with Gasteiger partial charge in [-0.3, -0.25) is 9.67 Å². The van der Waals surface area contributed by atoms with Crippen molar-refractivity contribution in [3.05, 3.63) is 47.5 Å². The second-order valence-corrected chi connectivity index (χ2v) is 4.43. The van der Waals surface area contributed by atoms with Crippen molar-refractivity contribution in [2.75, 3.05) is 0 Å². The summed E-state index contributed by atoms with van der Waals surface area (Å²) >= 11 is 0. The molecule has 0 amide bonds. The van der Waals surface area contributed by atoms with Gasteiger partial charge in [0, 0.05) is 25.5 Å². The molecule has 90 valence electrons. The Morgan fingerprint density at radius 3 is 2.94 bits per heavy atom. The Hall–Kier alpha value is -1.68. The number of aryl methyl sites for hydroxylation is 3. The van der Waals surface area contributed by atoms with Crippen LogP contribution in [-0.2, 0) is 13.5 Å². The van der Waals surface area contributed by atoms with Crippen molar-refractivity contribution in [2.24, 2.45) is 12.8 Å². The molecule has 17 heavy (non-hydrogen) atoms. The standard InChI is InChI=1S/C13H18N4/c1-10-5-6-15-13(7-10)12(14)4-3-11-8-16-17(2)9-11/h5-9,12H,3-4,14H2,1-2H3. The predicted octanol–water partition coefficient (Wildman–Crippen LogP) is 1.76. The number of rotatable bonds is 4. The first kappa shape index (κ1) is 11.8. The Labute approximate surface area is 101 Å². The van der Waals surface area contributed by atoms with Crippen molar-refractivity contribution in [1.29, 1.82) is 0 Å². The van der Waals surface area contributed by atoms with E-state index in [1.54, 1.807) is 0 Å². The van der Waals surface area contributed by atoms with E-state index >= 15 is 0 Å². The molecule has 4 nitrogen and oxygen atoms in total. The monoisotopic (exact) mass is 230 g/mol. The molecule has 2 rings (SSSR count). The molecule has 2 aromatic heterocycles. The minimum absolute atomic E-state index is 0.00453. The van der Waals surface area contributed by atoms with Crippen molar-refractivity contribution in [3.8, 4) is 0 Å². The van der Waals surface area contributed by atoms with Gasteiger partial charge in [0.15, 0.2) is 0 Å². The van der Waals surface area contributed by atoms with Crippen molar-refractivity contribution in [1.82, 2.24) is 14.8 Å². The summed E-state index contributed by atoms with van der Waals surface area (Å²) in [6.45, 7) is 2.05. The first-order valence-corrected chi connectivity index (χ1v) is 5.81. The molecule has 0 aliphatic carbocycles. The van der Waals surface area contributed by atoms with Crippen LogP contribution >= 0.6 is 0 Å². The molecular formula is C13H18N4. The fraction of sp³-hybridized carbons (Fsp3) is 0.385. The van der Waals surface area contributed by atoms with Crippen LogP contribution in [0.15, 0.2) is 30.7 Å². The molecule has 4 heteroatoms. The molecule has 0 saturated heterocycles. The third kappa shape index (κ3) is 3.14. The summed E-state index contributed by atoms with van der Waals surface area (Å²) in [5, 5.41) is 4.14. The highest BCUT2D eigenvalue weighted by molar-refractivity contribution is 5.17. The van der Waals surface area contributed by atoms with Gasteiger partial charge in [-0.05, 0) is 43.0 Å². The lowest BCUT2D eigenvalue weighted by atomic mass is 10.0. The van der Waals surface area contributed by atoms with E-state index in [2.05, 4.69) is 17.0 Å². The summed E-state index contributed by atoms with van der Waals surface area (Å²) in [5.41, 5.74) is 9.51. The van der Waals surface area contributed by atoms with Crippen LogP contribution in [0.4, 0.5) is 0 Å². The normalized spacial score (nSPS) is 12.6. The lowest BCUT2D eigenvalue weighted by Crippen LogP contribution is -2.13. The molecule has 0 aromatic carbocycles. The van der Waals surface area contributed by atoms with Crippen molar-refractivity contribution in [3.63, 3.8) is 0 Å². The topological polar surface area (TPSA) is 56.7 Å². The number of pyridine rings is 1. The van der Waals surface area contributed by atoms with Gasteiger partial charge in [-0.15, -0.1) is 0 Å². The zero-order valence-corrected chi connectivity index (χ0v) is 10.3. The number of aromatic nitrogens is 3. The molecule has 0 fully saturated rings. The van der Waals surface area contributed by atoms with Gasteiger partial charge in [0.2, 0.25) is 0 Å². The Morgan fingerprint density at radius 2 is 2.29 bits per heavy atom. The van der Waals surface area contributed by atoms with Crippen LogP contribution < -0.4 is 5.73 Å². The maximum atomic E-state index is 6.13. The highest BCUT2D eigenvalue weighted by Crippen LogP contribution is 2.15. The third-order valence-corrected chi connectivity index (χ3v) is 2.82. The lowest BCUT2D eigenvalue weighted by Gasteiger charge is -2.10. The molecule has 0 bridgehead atoms. The number of nitrogens with zero attached hydrogens (tertiary/aromatic N) is 3. The molecule has 1 atom stereocenters. The molecular weight excluding hydrogens is 212 g/mol. The highest BCUT2D eigenvalue weighted by Gasteiger charge is 2.08. The van der Waals surface area contributed by atoms with Crippen LogP contribution in [0.3, 0.4) is 0 Å². The van der Waals surface area contributed by atoms with Gasteiger partial charge in [-0.25, -0.2) is 0 Å². The molecule has 2 heterocycles. The molecule has 0 aliphatic heterocycles. The van der Waals surface area contributed by atoms with Crippen LogP contribution in [-0.4, -0.2) is 14.8 Å². The Balaban J connectivity index is 1.95. The number of hydrogen-bond donors (Lipinski definition) is 1. The summed E-state index contributed by atoms with van der Waals surface area (Å²) < 4.78 is 1.81. The van der Waals surface area contributed by atoms with E-state index in [0.717, 1.165) is 18.5 Å². The molecule has 0 saturated carbocycles. The summed E-state index contributed by atoms with van der Waals surface area (Å²) in [5.74, 6) is 0. The second kappa shape index (κ2) is 5.10. The van der Waals surface area contributed by atoms with E-state index in [0.29, 0.717) is 0 Å². The molecule has 0 radical (unpaired) electrons. The summed E-state index contributed by atoms with van der Waals surface area (Å²) in [6, 6.07) is 4.03. The molecule has 0 aliphatic rings. The van der Waals surface area contributed by atoms with Gasteiger partial charge < -0.3 is 5.73 Å². The van der Waals surface area contributed by atoms with E-state index < -0.39 is 0 Å². The zero-order chi connectivity index (χ0) is 12.3. The lowest BCUT2D eigenvalue weighted by molar-refractivity contribution is 0.632. The summed E-state index contributed by atoms with van der Waals surface area (Å²) in [6.07, 6.45) is 7.55. The van der Waals surface area contributed by atoms with E-state index in [1.165, 1.54) is 11.1 Å². The fourth-order valence-electron chi connectivity index (χ4n) is 1.83. The van der Waals surface area contributed by atoms with Gasteiger partial charge in [0.1, 0.15) is 0 Å². The average Bonchev–Trinajstić information content (AvgIpc) is 2.72. The van der Waals surface area contributed by atoms with Gasteiger partial charge in [0.25, 0.3) is 0 Å². The van der Waals surface area contributed by atoms with Crippen molar-refractivity contribution in [2.45, 2.75) is 25.8 Å². The van der Waals surface area contributed by atoms with E-state index in [-0.39, 0.29) is 6.04 Å². The minimum atomic E-state index is -0.00453.